The average molecular weight is 345 g/mol. The highest BCUT2D eigenvalue weighted by Gasteiger charge is 2.28. The van der Waals surface area contributed by atoms with Crippen LogP contribution in [0, 0.1) is 0 Å². The largest absolute Gasteiger partial charge is 0.337 e. The van der Waals surface area contributed by atoms with Crippen molar-refractivity contribution in [2.24, 2.45) is 0 Å². The van der Waals surface area contributed by atoms with Crippen LogP contribution in [0.4, 0.5) is 4.79 Å². The highest BCUT2D eigenvalue weighted by atomic mass is 32.2. The average Bonchev–Trinajstić information content (AvgIpc) is 2.99. The summed E-state index contributed by atoms with van der Waals surface area (Å²) in [6.07, 6.45) is 1.20. The Morgan fingerprint density at radius 2 is 1.95 bits per heavy atom. The first-order valence-corrected chi connectivity index (χ1v) is 9.95. The smallest absolute Gasteiger partial charge is 0.317 e. The first kappa shape index (κ1) is 17.2. The molecule has 2 rings (SSSR count). The fraction of sp³-hybridized carbons (Fsp3) is 0.643. The Kier molecular flexibility index (Phi) is 5.14. The van der Waals surface area contributed by atoms with Gasteiger partial charge >= 0.3 is 6.03 Å². The predicted octanol–water partition coefficient (Wildman–Crippen LogP) is 1.31. The zero-order chi connectivity index (χ0) is 16.4. The Morgan fingerprint density at radius 3 is 2.45 bits per heavy atom. The fourth-order valence-corrected chi connectivity index (χ4v) is 4.06. The molecule has 124 valence electrons. The molecule has 1 fully saturated rings. The number of rotatable bonds is 4. The summed E-state index contributed by atoms with van der Waals surface area (Å²) in [7, 11) is -3.16. The minimum absolute atomic E-state index is 0.113. The highest BCUT2D eigenvalue weighted by Crippen LogP contribution is 2.26. The number of sulfonamides is 1. The van der Waals surface area contributed by atoms with Gasteiger partial charge in [-0.15, -0.1) is 11.3 Å². The molecule has 0 spiro atoms. The summed E-state index contributed by atoms with van der Waals surface area (Å²) < 4.78 is 24.3. The van der Waals surface area contributed by atoms with Gasteiger partial charge in [-0.05, 0) is 11.4 Å². The highest BCUT2D eigenvalue weighted by molar-refractivity contribution is 7.88. The Morgan fingerprint density at radius 1 is 1.32 bits per heavy atom. The van der Waals surface area contributed by atoms with E-state index in [1.54, 1.807) is 16.2 Å². The Hall–Kier alpha value is -1.12. The summed E-state index contributed by atoms with van der Waals surface area (Å²) in [4.78, 5) is 15.1. The number of carbonyl (C=O) groups is 1. The summed E-state index contributed by atoms with van der Waals surface area (Å²) in [5.41, 5.74) is -0.113. The van der Waals surface area contributed by atoms with Crippen LogP contribution in [0.1, 0.15) is 18.7 Å². The molecule has 1 aromatic rings. The monoisotopic (exact) mass is 345 g/mol. The fourth-order valence-electron chi connectivity index (χ4n) is 2.38. The summed E-state index contributed by atoms with van der Waals surface area (Å²) in [5, 5.41) is 4.99. The van der Waals surface area contributed by atoms with Crippen molar-refractivity contribution >= 4 is 27.4 Å². The van der Waals surface area contributed by atoms with Gasteiger partial charge in [0.2, 0.25) is 10.0 Å². The number of nitrogens with one attached hydrogen (secondary N) is 1. The van der Waals surface area contributed by atoms with Crippen molar-refractivity contribution < 1.29 is 13.2 Å². The van der Waals surface area contributed by atoms with E-state index in [1.807, 2.05) is 11.4 Å². The van der Waals surface area contributed by atoms with Gasteiger partial charge in [0.15, 0.2) is 0 Å². The molecule has 1 aliphatic heterocycles. The molecule has 22 heavy (non-hydrogen) atoms. The molecule has 1 saturated heterocycles. The summed E-state index contributed by atoms with van der Waals surface area (Å²) in [5.74, 6) is 0. The quantitative estimate of drug-likeness (QED) is 0.894. The van der Waals surface area contributed by atoms with Crippen LogP contribution in [0.2, 0.25) is 0 Å². The van der Waals surface area contributed by atoms with Crippen molar-refractivity contribution in [3.63, 3.8) is 0 Å². The van der Waals surface area contributed by atoms with E-state index in [-0.39, 0.29) is 11.4 Å². The molecule has 1 N–H and O–H groups in total. The van der Waals surface area contributed by atoms with Crippen molar-refractivity contribution in [1.29, 1.82) is 0 Å². The second-order valence-electron chi connectivity index (χ2n) is 6.17. The van der Waals surface area contributed by atoms with Crippen molar-refractivity contribution in [3.05, 3.63) is 22.4 Å². The number of hydrogen-bond acceptors (Lipinski definition) is 4. The third-order valence-electron chi connectivity index (χ3n) is 3.86. The molecular formula is C14H23N3O3S2. The van der Waals surface area contributed by atoms with Crippen molar-refractivity contribution in [3.8, 4) is 0 Å². The molecule has 2 heterocycles. The lowest BCUT2D eigenvalue weighted by Crippen LogP contribution is -2.54. The number of hydrogen-bond donors (Lipinski definition) is 1. The summed E-state index contributed by atoms with van der Waals surface area (Å²) in [6.45, 7) is 6.33. The maximum absolute atomic E-state index is 12.2. The maximum Gasteiger partial charge on any atom is 0.317 e. The number of thiophene rings is 1. The van der Waals surface area contributed by atoms with Gasteiger partial charge in [0.25, 0.3) is 0 Å². The van der Waals surface area contributed by atoms with Crippen LogP contribution in [0.3, 0.4) is 0 Å². The van der Waals surface area contributed by atoms with Crippen LogP contribution in [0.5, 0.6) is 0 Å². The standard InChI is InChI=1S/C14H23N3O3S2/c1-14(2,12-5-4-10-21-12)11-15-13(18)16-6-8-17(9-7-16)22(3,19)20/h4-5,10H,6-9,11H2,1-3H3,(H,15,18). The van der Waals surface area contributed by atoms with Crippen LogP contribution in [0.15, 0.2) is 17.5 Å². The molecule has 0 saturated carbocycles. The number of carbonyl (C=O) groups excluding carboxylic acids is 1. The summed E-state index contributed by atoms with van der Waals surface area (Å²) >= 11 is 1.68. The summed E-state index contributed by atoms with van der Waals surface area (Å²) in [6, 6.07) is 3.95. The first-order valence-electron chi connectivity index (χ1n) is 7.22. The van der Waals surface area contributed by atoms with Crippen molar-refractivity contribution in [2.45, 2.75) is 19.3 Å². The van der Waals surface area contributed by atoms with E-state index in [2.05, 4.69) is 25.2 Å². The van der Waals surface area contributed by atoms with E-state index in [0.29, 0.717) is 32.7 Å². The van der Waals surface area contributed by atoms with Gasteiger partial charge in [0.05, 0.1) is 6.26 Å². The Labute approximate surface area is 136 Å². The van der Waals surface area contributed by atoms with Gasteiger partial charge in [-0.1, -0.05) is 19.9 Å². The lowest BCUT2D eigenvalue weighted by Gasteiger charge is -2.34. The SMILES string of the molecule is CC(C)(CNC(=O)N1CCN(S(C)(=O)=O)CC1)c1cccs1. The molecule has 8 heteroatoms. The third kappa shape index (κ3) is 4.21. The van der Waals surface area contributed by atoms with E-state index in [0.717, 1.165) is 0 Å². The Balaban J connectivity index is 1.84. The van der Waals surface area contributed by atoms with Gasteiger partial charge in [0, 0.05) is 43.0 Å². The number of urea groups is 1. The van der Waals surface area contributed by atoms with Crippen LogP contribution < -0.4 is 5.32 Å². The minimum atomic E-state index is -3.16. The number of amides is 2. The van der Waals surface area contributed by atoms with E-state index in [9.17, 15) is 13.2 Å². The van der Waals surface area contributed by atoms with Crippen molar-refractivity contribution in [2.75, 3.05) is 39.0 Å². The topological polar surface area (TPSA) is 69.7 Å². The predicted molar refractivity (Wildman–Crippen MR) is 88.7 cm³/mol. The second kappa shape index (κ2) is 6.55. The van der Waals surface area contributed by atoms with Gasteiger partial charge < -0.3 is 10.2 Å². The Bertz CT molecular complexity index is 603. The molecule has 0 aliphatic carbocycles. The van der Waals surface area contributed by atoms with Crippen LogP contribution in [-0.2, 0) is 15.4 Å². The molecule has 0 aromatic carbocycles. The molecule has 0 radical (unpaired) electrons. The van der Waals surface area contributed by atoms with Crippen LogP contribution in [-0.4, -0.2) is 62.6 Å². The molecular weight excluding hydrogens is 322 g/mol. The van der Waals surface area contributed by atoms with Gasteiger partial charge in [0.1, 0.15) is 0 Å². The normalized spacial score (nSPS) is 17.5. The van der Waals surface area contributed by atoms with Crippen LogP contribution in [0.25, 0.3) is 0 Å². The molecule has 2 amide bonds. The number of piperazine rings is 1. The zero-order valence-corrected chi connectivity index (χ0v) is 14.8. The van der Waals surface area contributed by atoms with Crippen LogP contribution >= 0.6 is 11.3 Å². The zero-order valence-electron chi connectivity index (χ0n) is 13.2. The number of nitrogens with zero attached hydrogens (tertiary/aromatic N) is 2. The van der Waals surface area contributed by atoms with Gasteiger partial charge in [-0.3, -0.25) is 0 Å². The molecule has 1 aliphatic rings. The maximum atomic E-state index is 12.2. The minimum Gasteiger partial charge on any atom is -0.337 e. The second-order valence-corrected chi connectivity index (χ2v) is 9.10. The van der Waals surface area contributed by atoms with Gasteiger partial charge in [-0.2, -0.15) is 4.31 Å². The molecule has 0 atom stereocenters. The van der Waals surface area contributed by atoms with Crippen molar-refractivity contribution in [1.82, 2.24) is 14.5 Å². The first-order chi connectivity index (χ1) is 10.2. The molecule has 1 aromatic heterocycles. The third-order valence-corrected chi connectivity index (χ3v) is 6.40. The molecule has 6 nitrogen and oxygen atoms in total. The van der Waals surface area contributed by atoms with Gasteiger partial charge in [-0.25, -0.2) is 13.2 Å². The lowest BCUT2D eigenvalue weighted by molar-refractivity contribution is 0.171. The van der Waals surface area contributed by atoms with E-state index in [1.165, 1.54) is 15.4 Å². The molecule has 0 unspecified atom stereocenters. The molecule has 0 bridgehead atoms. The van der Waals surface area contributed by atoms with E-state index in [4.69, 9.17) is 0 Å². The lowest BCUT2D eigenvalue weighted by atomic mass is 9.91. The van der Waals surface area contributed by atoms with E-state index >= 15 is 0 Å². The van der Waals surface area contributed by atoms with E-state index < -0.39 is 10.0 Å².